The number of thiazole rings is 1. The maximum Gasteiger partial charge on any atom is 0.325 e. The van der Waals surface area contributed by atoms with E-state index < -0.39 is 6.03 Å². The molecule has 2 aromatic rings. The highest BCUT2D eigenvalue weighted by Gasteiger charge is 2.09. The van der Waals surface area contributed by atoms with Crippen molar-refractivity contribution in [3.63, 3.8) is 0 Å². The summed E-state index contributed by atoms with van der Waals surface area (Å²) in [5.74, 6) is -0.148. The Morgan fingerprint density at radius 3 is 2.91 bits per heavy atom. The van der Waals surface area contributed by atoms with Crippen molar-refractivity contribution in [3.8, 4) is 0 Å². The molecule has 0 aliphatic heterocycles. The third-order valence-electron chi connectivity index (χ3n) is 2.64. The molecule has 0 saturated carbocycles. The number of nitrogens with one attached hydrogen (secondary N) is 3. The topological polar surface area (TPSA) is 83.1 Å². The Labute approximate surface area is 142 Å². The van der Waals surface area contributed by atoms with Crippen LogP contribution in [-0.2, 0) is 11.2 Å². The summed E-state index contributed by atoms with van der Waals surface area (Å²) in [6, 6.07) is 6.39. The molecule has 120 valence electrons. The summed E-state index contributed by atoms with van der Waals surface area (Å²) in [5.41, 5.74) is 1.17. The van der Waals surface area contributed by atoms with Crippen LogP contribution in [0.3, 0.4) is 0 Å². The van der Waals surface area contributed by atoms with Gasteiger partial charge in [0.2, 0.25) is 5.91 Å². The molecule has 3 amide bonds. The fourth-order valence-electron chi connectivity index (χ4n) is 1.68. The van der Waals surface area contributed by atoms with Crippen molar-refractivity contribution in [2.45, 2.75) is 6.42 Å². The lowest BCUT2D eigenvalue weighted by Gasteiger charge is -2.05. The number of hydrogen-bond donors (Lipinski definition) is 3. The molecule has 23 heavy (non-hydrogen) atoms. The van der Waals surface area contributed by atoms with Gasteiger partial charge in [-0.25, -0.2) is 9.78 Å². The zero-order valence-electron chi connectivity index (χ0n) is 12.1. The van der Waals surface area contributed by atoms with E-state index in [1.807, 2.05) is 0 Å². The van der Waals surface area contributed by atoms with Gasteiger partial charge in [-0.15, -0.1) is 17.9 Å². The smallest absolute Gasteiger partial charge is 0.325 e. The Bertz CT molecular complexity index is 717. The van der Waals surface area contributed by atoms with E-state index in [0.717, 1.165) is 0 Å². The summed E-state index contributed by atoms with van der Waals surface area (Å²) < 4.78 is 0. The van der Waals surface area contributed by atoms with Crippen LogP contribution in [0, 0.1) is 0 Å². The molecule has 2 rings (SSSR count). The van der Waals surface area contributed by atoms with Gasteiger partial charge in [0.15, 0.2) is 5.13 Å². The van der Waals surface area contributed by atoms with Crippen LogP contribution in [0.4, 0.5) is 15.6 Å². The molecule has 1 aromatic heterocycles. The van der Waals surface area contributed by atoms with Gasteiger partial charge in [-0.3, -0.25) is 10.1 Å². The normalized spacial score (nSPS) is 9.96. The van der Waals surface area contributed by atoms with Crippen molar-refractivity contribution in [2.75, 3.05) is 17.2 Å². The molecule has 3 N–H and O–H groups in total. The minimum atomic E-state index is -0.427. The number of amides is 3. The minimum absolute atomic E-state index is 0.148. The standard InChI is InChI=1S/C15H15ClN4O2S/c1-2-6-17-13(21)8-12-9-23-15(19-12)20-14(22)18-11-5-3-4-10(16)7-11/h2-5,7,9H,1,6,8H2,(H,17,21)(H2,18,19,20,22). The van der Waals surface area contributed by atoms with Crippen LogP contribution >= 0.6 is 22.9 Å². The van der Waals surface area contributed by atoms with Gasteiger partial charge in [0, 0.05) is 22.6 Å². The first-order chi connectivity index (χ1) is 11.1. The van der Waals surface area contributed by atoms with Crippen LogP contribution in [0.5, 0.6) is 0 Å². The molecule has 1 heterocycles. The quantitative estimate of drug-likeness (QED) is 0.699. The monoisotopic (exact) mass is 350 g/mol. The van der Waals surface area contributed by atoms with E-state index in [0.29, 0.717) is 28.1 Å². The second-order valence-electron chi connectivity index (χ2n) is 4.50. The van der Waals surface area contributed by atoms with Crippen LogP contribution < -0.4 is 16.0 Å². The number of halogens is 1. The zero-order chi connectivity index (χ0) is 16.7. The number of hydrogen-bond acceptors (Lipinski definition) is 4. The second-order valence-corrected chi connectivity index (χ2v) is 5.80. The number of urea groups is 1. The molecule has 0 saturated heterocycles. The van der Waals surface area contributed by atoms with Crippen LogP contribution in [0.25, 0.3) is 0 Å². The molecular formula is C15H15ClN4O2S. The number of anilines is 2. The lowest BCUT2D eigenvalue weighted by Crippen LogP contribution is -2.25. The molecule has 0 radical (unpaired) electrons. The van der Waals surface area contributed by atoms with Gasteiger partial charge < -0.3 is 10.6 Å². The van der Waals surface area contributed by atoms with E-state index in [9.17, 15) is 9.59 Å². The first kappa shape index (κ1) is 17.0. The molecule has 0 aliphatic rings. The van der Waals surface area contributed by atoms with Crippen LogP contribution in [0.2, 0.25) is 5.02 Å². The average molecular weight is 351 g/mol. The Balaban J connectivity index is 1.87. The third-order valence-corrected chi connectivity index (χ3v) is 3.68. The predicted octanol–water partition coefficient (Wildman–Crippen LogP) is 3.29. The SMILES string of the molecule is C=CCNC(=O)Cc1csc(NC(=O)Nc2cccc(Cl)c2)n1. The number of carbonyl (C=O) groups is 2. The number of rotatable bonds is 6. The Hall–Kier alpha value is -2.38. The van der Waals surface area contributed by atoms with E-state index in [2.05, 4.69) is 27.5 Å². The fraction of sp³-hybridized carbons (Fsp3) is 0.133. The molecule has 0 bridgehead atoms. The van der Waals surface area contributed by atoms with Crippen molar-refractivity contribution >= 4 is 45.7 Å². The third kappa shape index (κ3) is 5.72. The van der Waals surface area contributed by atoms with Crippen molar-refractivity contribution < 1.29 is 9.59 Å². The van der Waals surface area contributed by atoms with E-state index >= 15 is 0 Å². The highest BCUT2D eigenvalue weighted by atomic mass is 35.5. The van der Waals surface area contributed by atoms with E-state index in [-0.39, 0.29) is 12.3 Å². The first-order valence-electron chi connectivity index (χ1n) is 6.72. The summed E-state index contributed by atoms with van der Waals surface area (Å²) in [7, 11) is 0. The average Bonchev–Trinajstić information content (AvgIpc) is 2.91. The van der Waals surface area contributed by atoms with Crippen molar-refractivity contribution in [1.82, 2.24) is 10.3 Å². The summed E-state index contributed by atoms with van der Waals surface area (Å²) in [4.78, 5) is 27.6. The van der Waals surface area contributed by atoms with Gasteiger partial charge >= 0.3 is 6.03 Å². The van der Waals surface area contributed by atoms with Gasteiger partial charge in [0.1, 0.15) is 0 Å². The predicted molar refractivity (Wildman–Crippen MR) is 93.1 cm³/mol. The number of aromatic nitrogens is 1. The molecule has 0 unspecified atom stereocenters. The first-order valence-corrected chi connectivity index (χ1v) is 7.98. The summed E-state index contributed by atoms with van der Waals surface area (Å²) >= 11 is 7.10. The van der Waals surface area contributed by atoms with Gasteiger partial charge in [-0.05, 0) is 18.2 Å². The van der Waals surface area contributed by atoms with Gasteiger partial charge in [-0.1, -0.05) is 23.7 Å². The molecule has 0 fully saturated rings. The van der Waals surface area contributed by atoms with Gasteiger partial charge in [0.25, 0.3) is 0 Å². The molecule has 0 atom stereocenters. The zero-order valence-corrected chi connectivity index (χ0v) is 13.7. The number of benzene rings is 1. The van der Waals surface area contributed by atoms with Crippen molar-refractivity contribution in [1.29, 1.82) is 0 Å². The molecule has 1 aromatic carbocycles. The van der Waals surface area contributed by atoms with Crippen LogP contribution in [0.15, 0.2) is 42.3 Å². The summed E-state index contributed by atoms with van der Waals surface area (Å²) in [5, 5.41) is 10.6. The number of nitrogens with zero attached hydrogens (tertiary/aromatic N) is 1. The largest absolute Gasteiger partial charge is 0.352 e. The second kappa shape index (κ2) is 8.30. The fourth-order valence-corrected chi connectivity index (χ4v) is 2.58. The Kier molecular flexibility index (Phi) is 6.13. The maximum atomic E-state index is 11.9. The van der Waals surface area contributed by atoms with E-state index in [1.165, 1.54) is 11.3 Å². The van der Waals surface area contributed by atoms with Crippen LogP contribution in [-0.4, -0.2) is 23.5 Å². The molecular weight excluding hydrogens is 336 g/mol. The Morgan fingerprint density at radius 1 is 1.35 bits per heavy atom. The van der Waals surface area contributed by atoms with E-state index in [4.69, 9.17) is 11.6 Å². The summed E-state index contributed by atoms with van der Waals surface area (Å²) in [6.07, 6.45) is 1.76. The van der Waals surface area contributed by atoms with Crippen LogP contribution in [0.1, 0.15) is 5.69 Å². The molecule has 0 aliphatic carbocycles. The lowest BCUT2D eigenvalue weighted by atomic mass is 10.3. The Morgan fingerprint density at radius 2 is 2.17 bits per heavy atom. The summed E-state index contributed by atoms with van der Waals surface area (Å²) in [6.45, 7) is 3.94. The van der Waals surface area contributed by atoms with E-state index in [1.54, 1.807) is 35.7 Å². The molecule has 0 spiro atoms. The van der Waals surface area contributed by atoms with Crippen molar-refractivity contribution in [2.24, 2.45) is 0 Å². The lowest BCUT2D eigenvalue weighted by molar-refractivity contribution is -0.120. The van der Waals surface area contributed by atoms with Gasteiger partial charge in [-0.2, -0.15) is 0 Å². The minimum Gasteiger partial charge on any atom is -0.352 e. The molecule has 8 heteroatoms. The maximum absolute atomic E-state index is 11.9. The number of carbonyl (C=O) groups excluding carboxylic acids is 2. The highest BCUT2D eigenvalue weighted by molar-refractivity contribution is 7.14. The molecule has 6 nitrogen and oxygen atoms in total. The van der Waals surface area contributed by atoms with Crippen molar-refractivity contribution in [3.05, 3.63) is 53.0 Å². The van der Waals surface area contributed by atoms with Gasteiger partial charge in [0.05, 0.1) is 12.1 Å². The highest BCUT2D eigenvalue weighted by Crippen LogP contribution is 2.18.